The number of nitrogens with zero attached hydrogens (tertiary/aromatic N) is 3. The number of carbonyl (C=O) groups is 2. The normalized spacial score (nSPS) is 17.1. The average molecular weight is 521 g/mol. The maximum atomic E-state index is 12.6. The van der Waals surface area contributed by atoms with Crippen LogP contribution in [0.3, 0.4) is 0 Å². The van der Waals surface area contributed by atoms with Gasteiger partial charge in [0.1, 0.15) is 5.76 Å². The topological polar surface area (TPSA) is 117 Å². The number of allylic oxidation sites excluding steroid dienone is 2. The van der Waals surface area contributed by atoms with Gasteiger partial charge in [0, 0.05) is 36.0 Å². The maximum absolute atomic E-state index is 12.6. The Morgan fingerprint density at radius 2 is 2.03 bits per heavy atom. The second kappa shape index (κ2) is 11.7. The first-order chi connectivity index (χ1) is 17.0. The fourth-order valence-corrected chi connectivity index (χ4v) is 3.91. The number of alkyl halides is 3. The summed E-state index contributed by atoms with van der Waals surface area (Å²) < 4.78 is 41.4. The molecular formula is C23H23F3N6O3S. The van der Waals surface area contributed by atoms with Crippen LogP contribution in [-0.4, -0.2) is 41.8 Å². The molecular weight excluding hydrogens is 497 g/mol. The van der Waals surface area contributed by atoms with Gasteiger partial charge in [-0.15, -0.1) is 13.2 Å². The number of thioether (sulfide) groups is 1. The molecule has 0 saturated heterocycles. The number of amidine groups is 1. The fraction of sp³-hybridized carbons (Fsp3) is 0.261. The monoisotopic (exact) mass is 520 g/mol. The van der Waals surface area contributed by atoms with Crippen LogP contribution in [0.5, 0.6) is 0 Å². The van der Waals surface area contributed by atoms with E-state index in [0.29, 0.717) is 28.0 Å². The number of guanidine groups is 1. The van der Waals surface area contributed by atoms with Crippen molar-refractivity contribution in [2.24, 2.45) is 15.0 Å². The number of aliphatic imine (C=N–C) groups is 3. The number of hydrogen-bond donors (Lipinski definition) is 3. The maximum Gasteiger partial charge on any atom is 0.572 e. The van der Waals surface area contributed by atoms with Crippen molar-refractivity contribution < 1.29 is 27.5 Å². The highest BCUT2D eigenvalue weighted by atomic mass is 32.2. The molecule has 2 aliphatic rings. The minimum atomic E-state index is -4.81. The summed E-state index contributed by atoms with van der Waals surface area (Å²) in [6.07, 6.45) is -0.371. The van der Waals surface area contributed by atoms with E-state index in [-0.39, 0.29) is 36.0 Å². The third-order valence-corrected chi connectivity index (χ3v) is 5.60. The molecule has 0 bridgehead atoms. The summed E-state index contributed by atoms with van der Waals surface area (Å²) in [5.74, 6) is -0.393. The summed E-state index contributed by atoms with van der Waals surface area (Å²) in [6, 6.07) is 5.05. The van der Waals surface area contributed by atoms with Crippen molar-refractivity contribution in [2.75, 3.05) is 16.4 Å². The van der Waals surface area contributed by atoms with Gasteiger partial charge in [0.2, 0.25) is 11.9 Å². The molecule has 0 unspecified atom stereocenters. The van der Waals surface area contributed by atoms with Gasteiger partial charge in [0.25, 0.3) is 5.91 Å². The molecule has 190 valence electrons. The molecule has 3 rings (SSSR count). The van der Waals surface area contributed by atoms with Crippen molar-refractivity contribution in [3.63, 3.8) is 0 Å². The molecule has 1 aliphatic heterocycles. The van der Waals surface area contributed by atoms with Crippen molar-refractivity contribution >= 4 is 52.8 Å². The molecule has 13 heteroatoms. The first-order valence-corrected chi connectivity index (χ1v) is 11.6. The second-order valence-corrected chi connectivity index (χ2v) is 8.55. The zero-order valence-electron chi connectivity index (χ0n) is 19.4. The minimum absolute atomic E-state index is 0.0558. The van der Waals surface area contributed by atoms with Crippen LogP contribution in [-0.2, 0) is 14.3 Å². The predicted molar refractivity (Wildman–Crippen MR) is 135 cm³/mol. The van der Waals surface area contributed by atoms with Crippen LogP contribution in [0.4, 0.5) is 24.5 Å². The van der Waals surface area contributed by atoms with Crippen molar-refractivity contribution in [3.05, 3.63) is 59.1 Å². The van der Waals surface area contributed by atoms with Gasteiger partial charge in [-0.25, -0.2) is 15.0 Å². The number of rotatable bonds is 5. The first-order valence-electron chi connectivity index (χ1n) is 10.6. The van der Waals surface area contributed by atoms with Crippen molar-refractivity contribution in [1.29, 1.82) is 0 Å². The molecule has 36 heavy (non-hydrogen) atoms. The van der Waals surface area contributed by atoms with Crippen molar-refractivity contribution in [2.45, 2.75) is 33.1 Å². The Balaban J connectivity index is 1.70. The smallest absolute Gasteiger partial charge is 0.410 e. The Bertz CT molecular complexity index is 1220. The lowest BCUT2D eigenvalue weighted by molar-refractivity contribution is -0.306. The second-order valence-electron chi connectivity index (χ2n) is 7.58. The number of hydrogen-bond acceptors (Lipinski definition) is 6. The zero-order valence-corrected chi connectivity index (χ0v) is 20.2. The number of benzene rings is 1. The van der Waals surface area contributed by atoms with Crippen LogP contribution in [0.25, 0.3) is 0 Å². The Kier molecular flexibility index (Phi) is 8.69. The zero-order chi connectivity index (χ0) is 26.3. The predicted octanol–water partition coefficient (Wildman–Crippen LogP) is 4.62. The van der Waals surface area contributed by atoms with E-state index in [1.54, 1.807) is 24.3 Å². The van der Waals surface area contributed by atoms with Gasteiger partial charge in [0.05, 0.1) is 11.9 Å². The Morgan fingerprint density at radius 1 is 1.25 bits per heavy atom. The van der Waals surface area contributed by atoms with Gasteiger partial charge in [0.15, 0.2) is 5.17 Å². The number of amides is 2. The van der Waals surface area contributed by atoms with Gasteiger partial charge in [-0.3, -0.25) is 9.59 Å². The molecule has 0 atom stereocenters. The molecule has 1 aromatic rings. The number of carbonyl (C=O) groups excluding carboxylic acids is 2. The average Bonchev–Trinajstić information content (AvgIpc) is 3.24. The summed E-state index contributed by atoms with van der Waals surface area (Å²) in [7, 11) is 0. The molecule has 0 spiro atoms. The van der Waals surface area contributed by atoms with Crippen LogP contribution in [0.1, 0.15) is 25.3 Å². The minimum Gasteiger partial charge on any atom is -0.410 e. The molecule has 0 aromatic heterocycles. The molecule has 1 aliphatic carbocycles. The van der Waals surface area contributed by atoms with Crippen LogP contribution in [0.2, 0.25) is 0 Å². The van der Waals surface area contributed by atoms with Gasteiger partial charge in [-0.1, -0.05) is 23.9 Å². The molecule has 0 radical (unpaired) electrons. The van der Waals surface area contributed by atoms with E-state index in [9.17, 15) is 22.8 Å². The summed E-state index contributed by atoms with van der Waals surface area (Å²) in [5, 5.41) is 8.79. The van der Waals surface area contributed by atoms with Gasteiger partial charge >= 0.3 is 6.36 Å². The number of ether oxygens (including phenoxy) is 1. The van der Waals surface area contributed by atoms with Gasteiger partial charge in [-0.2, -0.15) is 0 Å². The van der Waals surface area contributed by atoms with Gasteiger partial charge in [-0.05, 0) is 43.8 Å². The molecule has 3 N–H and O–H groups in total. The van der Waals surface area contributed by atoms with E-state index in [1.807, 2.05) is 6.92 Å². The number of aryl methyl sites for hydroxylation is 1. The third-order valence-electron chi connectivity index (χ3n) is 4.69. The third kappa shape index (κ3) is 8.12. The van der Waals surface area contributed by atoms with E-state index >= 15 is 0 Å². The molecule has 1 heterocycles. The van der Waals surface area contributed by atoms with E-state index in [2.05, 4.69) is 42.4 Å². The van der Waals surface area contributed by atoms with E-state index in [4.69, 9.17) is 0 Å². The Labute approximate surface area is 209 Å². The van der Waals surface area contributed by atoms with E-state index in [0.717, 1.165) is 11.6 Å². The van der Waals surface area contributed by atoms with Crippen LogP contribution >= 0.6 is 11.8 Å². The number of nitrogens with one attached hydrogen (secondary N) is 3. The lowest BCUT2D eigenvalue weighted by Gasteiger charge is -2.17. The van der Waals surface area contributed by atoms with Crippen LogP contribution < -0.4 is 16.0 Å². The highest BCUT2D eigenvalue weighted by Gasteiger charge is 2.32. The molecule has 9 nitrogen and oxygen atoms in total. The summed E-state index contributed by atoms with van der Waals surface area (Å²) >= 11 is 1.37. The lowest BCUT2D eigenvalue weighted by atomic mass is 10.0. The lowest BCUT2D eigenvalue weighted by Crippen LogP contribution is -2.23. The summed E-state index contributed by atoms with van der Waals surface area (Å²) in [5.41, 5.74) is 2.51. The molecule has 1 aromatic carbocycles. The van der Waals surface area contributed by atoms with Crippen molar-refractivity contribution in [3.8, 4) is 0 Å². The number of halogens is 3. The molecule has 0 saturated carbocycles. The molecule has 0 fully saturated rings. The summed E-state index contributed by atoms with van der Waals surface area (Å²) in [4.78, 5) is 36.1. The molecule has 2 amide bonds. The van der Waals surface area contributed by atoms with Crippen molar-refractivity contribution in [1.82, 2.24) is 5.32 Å². The van der Waals surface area contributed by atoms with Crippen LogP contribution in [0, 0.1) is 6.92 Å². The highest BCUT2D eigenvalue weighted by Crippen LogP contribution is 2.28. The first kappa shape index (κ1) is 26.7. The largest absolute Gasteiger partial charge is 0.572 e. The quantitative estimate of drug-likeness (QED) is 0.387. The SMILES string of the molecule is C=NC(=N/C=C1\CSC(NC(C)=O)=N1)Nc1cc(NC(=O)C2=CCCC(OC(F)(F)F)=C2)ccc1C. The Morgan fingerprint density at radius 3 is 2.72 bits per heavy atom. The Hall–Kier alpha value is -3.87. The number of anilines is 2. The van der Waals surface area contributed by atoms with E-state index < -0.39 is 12.3 Å². The standard InChI is InChI=1S/C23H23F3N6O3S/c1-13-7-8-16(30-20(34)15-5-4-6-18(9-15)35-23(24,25)26)10-19(13)32-21(27-3)28-11-17-12-36-22(31-17)29-14(2)33/h5,7-11H,3-4,6,12H2,1-2H3,(H,28,32)(H,30,34)(H,29,31,33)/b17-11+. The summed E-state index contributed by atoms with van der Waals surface area (Å²) in [6.45, 7) is 6.73. The van der Waals surface area contributed by atoms with Crippen LogP contribution in [0.15, 0.2) is 68.6 Å². The van der Waals surface area contributed by atoms with Gasteiger partial charge < -0.3 is 20.7 Å². The van der Waals surface area contributed by atoms with E-state index in [1.165, 1.54) is 24.9 Å². The highest BCUT2D eigenvalue weighted by molar-refractivity contribution is 8.14. The fourth-order valence-electron chi connectivity index (χ4n) is 3.09.